The molecule has 0 saturated carbocycles. The van der Waals surface area contributed by atoms with Gasteiger partial charge in [0.05, 0.1) is 11.1 Å². The number of carbonyl (C=O) groups is 1. The minimum atomic E-state index is -0.668. The minimum Gasteiger partial charge on any atom is -0.489 e. The monoisotopic (exact) mass is 406 g/mol. The van der Waals surface area contributed by atoms with Crippen molar-refractivity contribution in [1.82, 2.24) is 0 Å². The van der Waals surface area contributed by atoms with E-state index in [4.69, 9.17) is 9.47 Å². The standard InChI is InChI=1S/C25H20F2O3/c1-3-16-7-9-17(10-8-16)12-23-25(28)24-15(2)11-18(13-22(24)30-23)29-14-19-20(26)5-4-6-21(19)27/h4-13H,3,14H2,1-2H3/b23-12-. The third-order valence-electron chi connectivity index (χ3n) is 5.07. The quantitative estimate of drug-likeness (QED) is 0.485. The summed E-state index contributed by atoms with van der Waals surface area (Å²) in [5.41, 5.74) is 3.07. The molecule has 1 aliphatic rings. The highest BCUT2D eigenvalue weighted by atomic mass is 19.1. The summed E-state index contributed by atoms with van der Waals surface area (Å²) in [6.45, 7) is 3.59. The zero-order valence-electron chi connectivity index (χ0n) is 16.7. The van der Waals surface area contributed by atoms with E-state index in [9.17, 15) is 13.6 Å². The second kappa shape index (κ2) is 8.11. The van der Waals surface area contributed by atoms with E-state index < -0.39 is 11.6 Å². The highest BCUT2D eigenvalue weighted by Crippen LogP contribution is 2.37. The summed E-state index contributed by atoms with van der Waals surface area (Å²) in [6, 6.07) is 14.8. The second-order valence-corrected chi connectivity index (χ2v) is 7.14. The van der Waals surface area contributed by atoms with Crippen LogP contribution in [0.4, 0.5) is 8.78 Å². The molecule has 30 heavy (non-hydrogen) atoms. The van der Waals surface area contributed by atoms with Crippen molar-refractivity contribution >= 4 is 11.9 Å². The van der Waals surface area contributed by atoms with Gasteiger partial charge >= 0.3 is 0 Å². The molecular formula is C25H20F2O3. The third kappa shape index (κ3) is 3.83. The number of ketones is 1. The first-order valence-corrected chi connectivity index (χ1v) is 9.69. The Morgan fingerprint density at radius 3 is 2.40 bits per heavy atom. The number of hydrogen-bond acceptors (Lipinski definition) is 3. The van der Waals surface area contributed by atoms with Gasteiger partial charge in [0, 0.05) is 6.07 Å². The summed E-state index contributed by atoms with van der Waals surface area (Å²) in [7, 11) is 0. The Balaban J connectivity index is 1.57. The lowest BCUT2D eigenvalue weighted by atomic mass is 10.0. The predicted molar refractivity (Wildman–Crippen MR) is 111 cm³/mol. The third-order valence-corrected chi connectivity index (χ3v) is 5.07. The molecule has 3 aromatic rings. The summed E-state index contributed by atoms with van der Waals surface area (Å²) < 4.78 is 39.0. The molecule has 0 radical (unpaired) electrons. The maximum Gasteiger partial charge on any atom is 0.232 e. The van der Waals surface area contributed by atoms with E-state index in [1.807, 2.05) is 24.3 Å². The summed E-state index contributed by atoms with van der Waals surface area (Å²) in [4.78, 5) is 12.8. The Bertz CT molecular complexity index is 1130. The largest absolute Gasteiger partial charge is 0.489 e. The van der Waals surface area contributed by atoms with E-state index in [1.165, 1.54) is 23.8 Å². The van der Waals surface area contributed by atoms with Crippen molar-refractivity contribution in [3.05, 3.63) is 99.8 Å². The molecule has 3 aromatic carbocycles. The van der Waals surface area contributed by atoms with Crippen molar-refractivity contribution < 1.29 is 23.0 Å². The second-order valence-electron chi connectivity index (χ2n) is 7.14. The van der Waals surface area contributed by atoms with Gasteiger partial charge in [-0.25, -0.2) is 8.78 Å². The summed E-state index contributed by atoms with van der Waals surface area (Å²) in [5, 5.41) is 0. The Hall–Kier alpha value is -3.47. The lowest BCUT2D eigenvalue weighted by Crippen LogP contribution is -2.02. The summed E-state index contributed by atoms with van der Waals surface area (Å²) in [6.07, 6.45) is 2.65. The molecule has 0 fully saturated rings. The molecule has 0 aromatic heterocycles. The highest BCUT2D eigenvalue weighted by Gasteiger charge is 2.30. The van der Waals surface area contributed by atoms with Crippen LogP contribution in [-0.4, -0.2) is 5.78 Å². The van der Waals surface area contributed by atoms with Crippen LogP contribution < -0.4 is 9.47 Å². The van der Waals surface area contributed by atoms with Gasteiger partial charge in [0.2, 0.25) is 5.78 Å². The summed E-state index contributed by atoms with van der Waals surface area (Å²) in [5.74, 6) is -0.559. The van der Waals surface area contributed by atoms with Gasteiger partial charge in [-0.05, 0) is 54.3 Å². The fraction of sp³-hybridized carbons (Fsp3) is 0.160. The number of ether oxygens (including phenoxy) is 2. The molecule has 0 saturated heterocycles. The number of rotatable bonds is 5. The number of benzene rings is 3. The number of allylic oxidation sites excluding steroid dienone is 1. The fourth-order valence-corrected chi connectivity index (χ4v) is 3.39. The SMILES string of the molecule is CCc1ccc(/C=C2\Oc3cc(OCc4c(F)cccc4F)cc(C)c3C2=O)cc1. The van der Waals surface area contributed by atoms with Crippen LogP contribution in [0.5, 0.6) is 11.5 Å². The van der Waals surface area contributed by atoms with Crippen LogP contribution in [0.1, 0.15) is 39.5 Å². The molecule has 0 aliphatic carbocycles. The molecule has 0 bridgehead atoms. The number of carbonyl (C=O) groups excluding carboxylic acids is 1. The molecule has 0 N–H and O–H groups in total. The average Bonchev–Trinajstić information content (AvgIpc) is 3.04. The van der Waals surface area contributed by atoms with Crippen LogP contribution in [0, 0.1) is 18.6 Å². The molecule has 152 valence electrons. The van der Waals surface area contributed by atoms with Crippen LogP contribution in [0.25, 0.3) is 6.08 Å². The molecule has 3 nitrogen and oxygen atoms in total. The van der Waals surface area contributed by atoms with Crippen LogP contribution in [0.2, 0.25) is 0 Å². The predicted octanol–water partition coefficient (Wildman–Crippen LogP) is 6.03. The van der Waals surface area contributed by atoms with Crippen molar-refractivity contribution in [3.63, 3.8) is 0 Å². The molecule has 0 spiro atoms. The summed E-state index contributed by atoms with van der Waals surface area (Å²) >= 11 is 0. The molecule has 4 rings (SSSR count). The van der Waals surface area contributed by atoms with Crippen LogP contribution >= 0.6 is 0 Å². The zero-order chi connectivity index (χ0) is 21.3. The van der Waals surface area contributed by atoms with Gasteiger partial charge in [0.1, 0.15) is 29.7 Å². The topological polar surface area (TPSA) is 35.5 Å². The molecule has 0 atom stereocenters. The van der Waals surface area contributed by atoms with E-state index in [0.717, 1.165) is 12.0 Å². The smallest absolute Gasteiger partial charge is 0.232 e. The molecule has 1 aliphatic heterocycles. The van der Waals surface area contributed by atoms with Crippen molar-refractivity contribution in [2.75, 3.05) is 0 Å². The van der Waals surface area contributed by atoms with Gasteiger partial charge in [-0.3, -0.25) is 4.79 Å². The van der Waals surface area contributed by atoms with Crippen molar-refractivity contribution in [3.8, 4) is 11.5 Å². The van der Waals surface area contributed by atoms with Gasteiger partial charge in [-0.15, -0.1) is 0 Å². The van der Waals surface area contributed by atoms with Crippen molar-refractivity contribution in [2.24, 2.45) is 0 Å². The molecule has 1 heterocycles. The van der Waals surface area contributed by atoms with E-state index in [2.05, 4.69) is 6.92 Å². The highest BCUT2D eigenvalue weighted by molar-refractivity contribution is 6.15. The maximum atomic E-state index is 13.8. The number of fused-ring (bicyclic) bond motifs is 1. The Morgan fingerprint density at radius 2 is 1.73 bits per heavy atom. The van der Waals surface area contributed by atoms with Gasteiger partial charge in [0.15, 0.2) is 5.76 Å². The lowest BCUT2D eigenvalue weighted by molar-refractivity contribution is 0.101. The van der Waals surface area contributed by atoms with Gasteiger partial charge in [0.25, 0.3) is 0 Å². The number of halogens is 2. The number of Topliss-reactive ketones (excluding diaryl/α,β-unsaturated/α-hetero) is 1. The van der Waals surface area contributed by atoms with Crippen LogP contribution in [0.3, 0.4) is 0 Å². The average molecular weight is 406 g/mol. The van der Waals surface area contributed by atoms with Crippen molar-refractivity contribution in [1.29, 1.82) is 0 Å². The molecular weight excluding hydrogens is 386 g/mol. The maximum absolute atomic E-state index is 13.8. The first kappa shape index (κ1) is 19.8. The first-order chi connectivity index (χ1) is 14.5. The van der Waals surface area contributed by atoms with E-state index >= 15 is 0 Å². The Morgan fingerprint density at radius 1 is 1.03 bits per heavy atom. The number of hydrogen-bond donors (Lipinski definition) is 0. The molecule has 5 heteroatoms. The molecule has 0 amide bonds. The minimum absolute atomic E-state index is 0.149. The zero-order valence-corrected chi connectivity index (χ0v) is 16.7. The van der Waals surface area contributed by atoms with Gasteiger partial charge in [-0.2, -0.15) is 0 Å². The fourth-order valence-electron chi connectivity index (χ4n) is 3.39. The number of aryl methyl sites for hydroxylation is 2. The first-order valence-electron chi connectivity index (χ1n) is 9.69. The van der Waals surface area contributed by atoms with Gasteiger partial charge < -0.3 is 9.47 Å². The van der Waals surface area contributed by atoms with Gasteiger partial charge in [-0.1, -0.05) is 37.3 Å². The normalized spacial score (nSPS) is 14.0. The Labute approximate surface area is 173 Å². The Kier molecular flexibility index (Phi) is 5.36. The lowest BCUT2D eigenvalue weighted by Gasteiger charge is -2.10. The van der Waals surface area contributed by atoms with Crippen LogP contribution in [-0.2, 0) is 13.0 Å². The van der Waals surface area contributed by atoms with E-state index in [0.29, 0.717) is 22.6 Å². The molecule has 0 unspecified atom stereocenters. The van der Waals surface area contributed by atoms with E-state index in [-0.39, 0.29) is 23.7 Å². The van der Waals surface area contributed by atoms with Crippen LogP contribution in [0.15, 0.2) is 60.4 Å². The van der Waals surface area contributed by atoms with E-state index in [1.54, 1.807) is 25.1 Å². The van der Waals surface area contributed by atoms with Crippen molar-refractivity contribution in [2.45, 2.75) is 26.9 Å².